The summed E-state index contributed by atoms with van der Waals surface area (Å²) in [5.74, 6) is 2.18. The van der Waals surface area contributed by atoms with Crippen LogP contribution in [-0.4, -0.2) is 38.2 Å². The first-order valence-electron chi connectivity index (χ1n) is 10.3. The van der Waals surface area contributed by atoms with E-state index in [0.717, 1.165) is 24.0 Å². The molecule has 0 spiro atoms. The molecule has 1 aliphatic rings. The third-order valence-electron chi connectivity index (χ3n) is 5.38. The van der Waals surface area contributed by atoms with Gasteiger partial charge in [-0.1, -0.05) is 38.1 Å². The lowest BCUT2D eigenvalue weighted by Gasteiger charge is -2.21. The van der Waals surface area contributed by atoms with E-state index in [-0.39, 0.29) is 5.91 Å². The first-order valence-corrected chi connectivity index (χ1v) is 10.3. The summed E-state index contributed by atoms with van der Waals surface area (Å²) in [6, 6.07) is 12.5. The van der Waals surface area contributed by atoms with E-state index >= 15 is 0 Å². The molecule has 1 aliphatic carbocycles. The van der Waals surface area contributed by atoms with E-state index in [1.165, 1.54) is 5.56 Å². The number of rotatable bonds is 9. The van der Waals surface area contributed by atoms with Crippen LogP contribution in [0.25, 0.3) is 6.08 Å². The number of nitrogens with zero attached hydrogens (tertiary/aromatic N) is 1. The van der Waals surface area contributed by atoms with Crippen molar-refractivity contribution in [2.45, 2.75) is 45.2 Å². The average molecular weight is 410 g/mol. The van der Waals surface area contributed by atoms with Gasteiger partial charge in [0.05, 0.1) is 21.3 Å². The van der Waals surface area contributed by atoms with Gasteiger partial charge in [-0.2, -0.15) is 0 Å². The molecule has 0 atom stereocenters. The van der Waals surface area contributed by atoms with Crippen LogP contribution in [0, 0.1) is 0 Å². The largest absolute Gasteiger partial charge is 0.493 e. The van der Waals surface area contributed by atoms with Crippen LogP contribution >= 0.6 is 0 Å². The second kappa shape index (κ2) is 9.70. The maximum atomic E-state index is 13.0. The smallest absolute Gasteiger partial charge is 0.247 e. The molecule has 160 valence electrons. The summed E-state index contributed by atoms with van der Waals surface area (Å²) < 4.78 is 16.1. The molecule has 30 heavy (non-hydrogen) atoms. The van der Waals surface area contributed by atoms with Crippen molar-refractivity contribution >= 4 is 12.0 Å². The lowest BCUT2D eigenvalue weighted by Crippen LogP contribution is -2.31. The zero-order valence-electron chi connectivity index (χ0n) is 18.5. The monoisotopic (exact) mass is 409 g/mol. The zero-order valence-corrected chi connectivity index (χ0v) is 18.5. The predicted octanol–water partition coefficient (Wildman–Crippen LogP) is 5.04. The highest BCUT2D eigenvalue weighted by Crippen LogP contribution is 2.38. The molecule has 0 radical (unpaired) electrons. The minimum atomic E-state index is 0.0131. The van der Waals surface area contributed by atoms with Crippen LogP contribution in [0.5, 0.6) is 17.2 Å². The Morgan fingerprint density at radius 3 is 2.10 bits per heavy atom. The van der Waals surface area contributed by atoms with Gasteiger partial charge in [0, 0.05) is 18.7 Å². The second-order valence-electron chi connectivity index (χ2n) is 7.89. The van der Waals surface area contributed by atoms with Crippen molar-refractivity contribution in [1.82, 2.24) is 4.90 Å². The molecule has 0 unspecified atom stereocenters. The molecular weight excluding hydrogens is 378 g/mol. The van der Waals surface area contributed by atoms with Gasteiger partial charge in [0.1, 0.15) is 0 Å². The fourth-order valence-electron chi connectivity index (χ4n) is 3.44. The van der Waals surface area contributed by atoms with Gasteiger partial charge in [-0.05, 0) is 53.7 Å². The predicted molar refractivity (Wildman–Crippen MR) is 119 cm³/mol. The van der Waals surface area contributed by atoms with Crippen LogP contribution in [-0.2, 0) is 11.3 Å². The maximum Gasteiger partial charge on any atom is 0.247 e. The quantitative estimate of drug-likeness (QED) is 0.545. The molecule has 0 N–H and O–H groups in total. The molecule has 3 rings (SSSR count). The van der Waals surface area contributed by atoms with Gasteiger partial charge < -0.3 is 19.1 Å². The first-order chi connectivity index (χ1) is 14.5. The number of benzene rings is 2. The number of amides is 1. The minimum absolute atomic E-state index is 0.0131. The molecule has 0 heterocycles. The third-order valence-corrected chi connectivity index (χ3v) is 5.38. The summed E-state index contributed by atoms with van der Waals surface area (Å²) in [7, 11) is 4.73. The summed E-state index contributed by atoms with van der Waals surface area (Å²) in [6.07, 6.45) is 5.55. The Morgan fingerprint density at radius 2 is 1.63 bits per heavy atom. The van der Waals surface area contributed by atoms with Crippen molar-refractivity contribution in [2.24, 2.45) is 0 Å². The fraction of sp³-hybridized carbons (Fsp3) is 0.400. The van der Waals surface area contributed by atoms with Gasteiger partial charge in [-0.15, -0.1) is 0 Å². The maximum absolute atomic E-state index is 13.0. The minimum Gasteiger partial charge on any atom is -0.493 e. The Hall–Kier alpha value is -2.95. The number of carbonyl (C=O) groups is 1. The van der Waals surface area contributed by atoms with E-state index < -0.39 is 0 Å². The molecule has 2 aromatic carbocycles. The molecule has 1 amide bonds. The van der Waals surface area contributed by atoms with Crippen LogP contribution in [0.1, 0.15) is 49.3 Å². The highest BCUT2D eigenvalue weighted by molar-refractivity contribution is 5.92. The molecule has 1 saturated carbocycles. The van der Waals surface area contributed by atoms with Crippen molar-refractivity contribution in [1.29, 1.82) is 0 Å². The van der Waals surface area contributed by atoms with Crippen molar-refractivity contribution in [3.63, 3.8) is 0 Å². The summed E-state index contributed by atoms with van der Waals surface area (Å²) in [5, 5.41) is 0. The lowest BCUT2D eigenvalue weighted by molar-refractivity contribution is -0.127. The Labute approximate surface area is 179 Å². The first kappa shape index (κ1) is 21.8. The lowest BCUT2D eigenvalue weighted by atomic mass is 10.0. The van der Waals surface area contributed by atoms with Gasteiger partial charge >= 0.3 is 0 Å². The molecule has 5 nitrogen and oxygen atoms in total. The molecular formula is C25H31NO4. The van der Waals surface area contributed by atoms with Crippen molar-refractivity contribution < 1.29 is 19.0 Å². The topological polar surface area (TPSA) is 48.0 Å². The Balaban J connectivity index is 1.76. The van der Waals surface area contributed by atoms with E-state index in [1.54, 1.807) is 33.5 Å². The average Bonchev–Trinajstić information content (AvgIpc) is 3.60. The zero-order chi connectivity index (χ0) is 21.7. The summed E-state index contributed by atoms with van der Waals surface area (Å²) in [4.78, 5) is 14.9. The number of hydrogen-bond acceptors (Lipinski definition) is 4. The van der Waals surface area contributed by atoms with Crippen LogP contribution < -0.4 is 14.2 Å². The van der Waals surface area contributed by atoms with E-state index in [9.17, 15) is 4.79 Å². The molecule has 2 aromatic rings. The van der Waals surface area contributed by atoms with Gasteiger partial charge in [-0.25, -0.2) is 0 Å². The third kappa shape index (κ3) is 5.15. The van der Waals surface area contributed by atoms with Crippen LogP contribution in [0.2, 0.25) is 0 Å². The number of methoxy groups -OCH3 is 3. The highest BCUT2D eigenvalue weighted by atomic mass is 16.5. The number of carbonyl (C=O) groups excluding carboxylic acids is 1. The summed E-state index contributed by atoms with van der Waals surface area (Å²) in [5.41, 5.74) is 3.28. The standard InChI is InChI=1S/C25H31NO4/c1-17(2)20-9-6-18(7-10-20)16-26(21-11-12-21)24(27)13-8-19-14-22(28-3)25(30-5)23(15-19)29-4/h6-10,13-15,17,21H,11-12,16H2,1-5H3/b13-8+. The van der Waals surface area contributed by atoms with E-state index in [0.29, 0.717) is 35.8 Å². The van der Waals surface area contributed by atoms with E-state index in [1.807, 2.05) is 17.0 Å². The Bertz CT molecular complexity index is 873. The number of hydrogen-bond donors (Lipinski definition) is 0. The summed E-state index contributed by atoms with van der Waals surface area (Å²) in [6.45, 7) is 4.99. The van der Waals surface area contributed by atoms with Crippen molar-refractivity contribution in [3.8, 4) is 17.2 Å². The fourth-order valence-corrected chi connectivity index (χ4v) is 3.44. The van der Waals surface area contributed by atoms with Gasteiger partial charge in [0.25, 0.3) is 0 Å². The van der Waals surface area contributed by atoms with Gasteiger partial charge in [0.2, 0.25) is 11.7 Å². The van der Waals surface area contributed by atoms with Crippen LogP contribution in [0.3, 0.4) is 0 Å². The van der Waals surface area contributed by atoms with Gasteiger partial charge in [-0.3, -0.25) is 4.79 Å². The van der Waals surface area contributed by atoms with Crippen LogP contribution in [0.15, 0.2) is 42.5 Å². The van der Waals surface area contributed by atoms with Crippen LogP contribution in [0.4, 0.5) is 0 Å². The molecule has 0 aromatic heterocycles. The van der Waals surface area contributed by atoms with E-state index in [2.05, 4.69) is 38.1 Å². The van der Waals surface area contributed by atoms with E-state index in [4.69, 9.17) is 14.2 Å². The molecule has 0 saturated heterocycles. The Morgan fingerprint density at radius 1 is 1.03 bits per heavy atom. The molecule has 0 aliphatic heterocycles. The van der Waals surface area contributed by atoms with Crippen molar-refractivity contribution in [2.75, 3.05) is 21.3 Å². The summed E-state index contributed by atoms with van der Waals surface area (Å²) >= 11 is 0. The SMILES string of the molecule is COc1cc(/C=C/C(=O)N(Cc2ccc(C(C)C)cc2)C2CC2)cc(OC)c1OC. The van der Waals surface area contributed by atoms with Crippen molar-refractivity contribution in [3.05, 3.63) is 59.2 Å². The molecule has 0 bridgehead atoms. The molecule has 5 heteroatoms. The number of ether oxygens (including phenoxy) is 3. The highest BCUT2D eigenvalue weighted by Gasteiger charge is 2.31. The Kier molecular flexibility index (Phi) is 7.03. The normalized spacial score (nSPS) is 13.5. The second-order valence-corrected chi connectivity index (χ2v) is 7.89. The molecule has 1 fully saturated rings. The van der Waals surface area contributed by atoms with Gasteiger partial charge in [0.15, 0.2) is 11.5 Å².